The van der Waals surface area contributed by atoms with E-state index in [9.17, 15) is 0 Å². The summed E-state index contributed by atoms with van der Waals surface area (Å²) in [5.74, 6) is 0. The Balaban J connectivity index is 1.32. The fourth-order valence-electron chi connectivity index (χ4n) is 3.40. The predicted molar refractivity (Wildman–Crippen MR) is 96.9 cm³/mol. The summed E-state index contributed by atoms with van der Waals surface area (Å²) in [5.41, 5.74) is 6.45. The lowest BCUT2D eigenvalue weighted by Gasteiger charge is -2.27. The number of aryl methyl sites for hydroxylation is 1. The molecule has 2 aliphatic heterocycles. The van der Waals surface area contributed by atoms with Gasteiger partial charge in [-0.2, -0.15) is 0 Å². The Labute approximate surface area is 145 Å². The minimum absolute atomic E-state index is 0.150. The smallest absolute Gasteiger partial charge is 0.131 e. The molecule has 2 aliphatic rings. The number of hydrogen-bond acceptors (Lipinski definition) is 5. The fraction of sp³-hybridized carbons (Fsp3) is 0.150. The van der Waals surface area contributed by atoms with Crippen LogP contribution in [0.5, 0.6) is 0 Å². The van der Waals surface area contributed by atoms with Crippen molar-refractivity contribution in [2.45, 2.75) is 19.0 Å². The second-order valence-corrected chi connectivity index (χ2v) is 6.29. The zero-order chi connectivity index (χ0) is 16.6. The van der Waals surface area contributed by atoms with Crippen LogP contribution in [0.3, 0.4) is 0 Å². The lowest BCUT2D eigenvalue weighted by Crippen LogP contribution is -2.27. The van der Waals surface area contributed by atoms with Gasteiger partial charge in [0.05, 0.1) is 16.7 Å². The highest BCUT2D eigenvalue weighted by atomic mass is 15.3. The monoisotopic (exact) mass is 327 g/mol. The number of nitrogens with zero attached hydrogens (tertiary/aromatic N) is 4. The Morgan fingerprint density at radius 3 is 2.88 bits per heavy atom. The van der Waals surface area contributed by atoms with Crippen molar-refractivity contribution in [1.82, 2.24) is 25.2 Å². The van der Waals surface area contributed by atoms with E-state index in [0.29, 0.717) is 0 Å². The molecule has 0 bridgehead atoms. The van der Waals surface area contributed by atoms with Crippen molar-refractivity contribution in [2.24, 2.45) is 0 Å². The second-order valence-electron chi connectivity index (χ2n) is 6.29. The van der Waals surface area contributed by atoms with E-state index in [-0.39, 0.29) is 6.17 Å². The highest BCUT2D eigenvalue weighted by Crippen LogP contribution is 2.32. The van der Waals surface area contributed by atoms with E-state index < -0.39 is 0 Å². The van der Waals surface area contributed by atoms with Crippen LogP contribution in [0.2, 0.25) is 0 Å². The SMILES string of the molecule is C1=CN2C=C(CCc3ccc4ncccc4n3)NC2c2cccnc21. The number of allylic oxidation sites excluding steroid dienone is 1. The molecule has 3 aromatic rings. The minimum Gasteiger partial charge on any atom is -0.363 e. The third-order valence-electron chi connectivity index (χ3n) is 4.66. The summed E-state index contributed by atoms with van der Waals surface area (Å²) < 4.78 is 0. The molecule has 0 radical (unpaired) electrons. The van der Waals surface area contributed by atoms with Gasteiger partial charge in [0.1, 0.15) is 6.17 Å². The van der Waals surface area contributed by atoms with Crippen molar-refractivity contribution in [3.8, 4) is 0 Å². The molecule has 0 aromatic carbocycles. The van der Waals surface area contributed by atoms with Gasteiger partial charge in [0.15, 0.2) is 0 Å². The maximum Gasteiger partial charge on any atom is 0.131 e. The maximum atomic E-state index is 4.71. The van der Waals surface area contributed by atoms with Gasteiger partial charge in [-0.1, -0.05) is 6.07 Å². The van der Waals surface area contributed by atoms with Crippen LogP contribution in [0.15, 0.2) is 66.9 Å². The van der Waals surface area contributed by atoms with Crippen molar-refractivity contribution in [3.05, 3.63) is 83.8 Å². The second kappa shape index (κ2) is 5.70. The van der Waals surface area contributed by atoms with Gasteiger partial charge in [-0.25, -0.2) is 0 Å². The average Bonchev–Trinajstić information content (AvgIpc) is 3.10. The highest BCUT2D eigenvalue weighted by molar-refractivity contribution is 5.73. The van der Waals surface area contributed by atoms with Crippen molar-refractivity contribution < 1.29 is 0 Å². The number of pyridine rings is 3. The van der Waals surface area contributed by atoms with Crippen molar-refractivity contribution >= 4 is 17.1 Å². The first-order valence-corrected chi connectivity index (χ1v) is 8.45. The number of aromatic nitrogens is 3. The molecule has 0 aliphatic carbocycles. The Bertz CT molecular complexity index is 1010. The van der Waals surface area contributed by atoms with Crippen LogP contribution in [-0.4, -0.2) is 19.9 Å². The molecular formula is C20H17N5. The summed E-state index contributed by atoms with van der Waals surface area (Å²) in [6.07, 6.45) is 11.9. The van der Waals surface area contributed by atoms with Gasteiger partial charge in [0.25, 0.3) is 0 Å². The van der Waals surface area contributed by atoms with Gasteiger partial charge < -0.3 is 10.2 Å². The molecule has 122 valence electrons. The molecule has 5 nitrogen and oxygen atoms in total. The molecule has 0 amide bonds. The molecule has 0 saturated heterocycles. The number of rotatable bonds is 3. The van der Waals surface area contributed by atoms with Crippen molar-refractivity contribution in [3.63, 3.8) is 0 Å². The van der Waals surface area contributed by atoms with E-state index in [1.807, 2.05) is 30.5 Å². The van der Waals surface area contributed by atoms with E-state index in [2.05, 4.69) is 50.8 Å². The first-order valence-electron chi connectivity index (χ1n) is 8.45. The van der Waals surface area contributed by atoms with Crippen LogP contribution in [0.4, 0.5) is 0 Å². The molecule has 1 unspecified atom stereocenters. The fourth-order valence-corrected chi connectivity index (χ4v) is 3.40. The van der Waals surface area contributed by atoms with Gasteiger partial charge >= 0.3 is 0 Å². The summed E-state index contributed by atoms with van der Waals surface area (Å²) in [6, 6.07) is 12.2. The molecule has 0 saturated carbocycles. The van der Waals surface area contributed by atoms with Crippen molar-refractivity contribution in [2.75, 3.05) is 0 Å². The lowest BCUT2D eigenvalue weighted by molar-refractivity contribution is 0.368. The zero-order valence-corrected chi connectivity index (χ0v) is 13.6. The molecule has 1 N–H and O–H groups in total. The van der Waals surface area contributed by atoms with Gasteiger partial charge in [-0.15, -0.1) is 0 Å². The first kappa shape index (κ1) is 14.2. The highest BCUT2D eigenvalue weighted by Gasteiger charge is 2.28. The van der Waals surface area contributed by atoms with E-state index in [4.69, 9.17) is 4.98 Å². The quantitative estimate of drug-likeness (QED) is 0.799. The van der Waals surface area contributed by atoms with E-state index in [1.54, 1.807) is 6.20 Å². The largest absolute Gasteiger partial charge is 0.363 e. The minimum atomic E-state index is 0.150. The molecule has 1 atom stereocenters. The topological polar surface area (TPSA) is 53.9 Å². The lowest BCUT2D eigenvalue weighted by atomic mass is 10.1. The summed E-state index contributed by atoms with van der Waals surface area (Å²) in [6.45, 7) is 0. The van der Waals surface area contributed by atoms with E-state index in [1.165, 1.54) is 11.3 Å². The van der Waals surface area contributed by atoms with Gasteiger partial charge in [0.2, 0.25) is 0 Å². The van der Waals surface area contributed by atoms with Crippen LogP contribution >= 0.6 is 0 Å². The number of fused-ring (bicyclic) bond motifs is 4. The van der Waals surface area contributed by atoms with E-state index >= 15 is 0 Å². The van der Waals surface area contributed by atoms with Crippen LogP contribution < -0.4 is 5.32 Å². The summed E-state index contributed by atoms with van der Waals surface area (Å²) in [5, 5.41) is 3.61. The standard InChI is InChI=1S/C20H17N5/c1-3-16-17(21-10-1)9-12-25-13-15(24-20(16)25)6-5-14-7-8-18-19(23-14)4-2-11-22-18/h1-4,7-13,20,24H,5-6H2. The average molecular weight is 327 g/mol. The zero-order valence-electron chi connectivity index (χ0n) is 13.6. The van der Waals surface area contributed by atoms with Crippen LogP contribution in [0.1, 0.15) is 29.5 Å². The predicted octanol–water partition coefficient (Wildman–Crippen LogP) is 3.39. The molecule has 5 heteroatoms. The molecule has 5 heterocycles. The molecule has 5 rings (SSSR count). The first-order chi connectivity index (χ1) is 12.4. The Hall–Kier alpha value is -3.21. The molecule has 0 spiro atoms. The Morgan fingerprint density at radius 1 is 0.960 bits per heavy atom. The number of hydrogen-bond donors (Lipinski definition) is 1. The molecule has 3 aromatic heterocycles. The third kappa shape index (κ3) is 2.54. The summed E-state index contributed by atoms with van der Waals surface area (Å²) in [4.78, 5) is 15.7. The summed E-state index contributed by atoms with van der Waals surface area (Å²) >= 11 is 0. The normalized spacial score (nSPS) is 17.8. The Kier molecular flexibility index (Phi) is 3.23. The van der Waals surface area contributed by atoms with Crippen LogP contribution in [0.25, 0.3) is 17.1 Å². The van der Waals surface area contributed by atoms with Gasteiger partial charge in [0, 0.05) is 41.7 Å². The van der Waals surface area contributed by atoms with Crippen molar-refractivity contribution in [1.29, 1.82) is 0 Å². The van der Waals surface area contributed by atoms with Crippen LogP contribution in [-0.2, 0) is 6.42 Å². The maximum absolute atomic E-state index is 4.71. The molecule has 0 fully saturated rings. The number of nitrogens with one attached hydrogen (secondary N) is 1. The third-order valence-corrected chi connectivity index (χ3v) is 4.66. The molecule has 25 heavy (non-hydrogen) atoms. The summed E-state index contributed by atoms with van der Waals surface area (Å²) in [7, 11) is 0. The Morgan fingerprint density at radius 2 is 1.88 bits per heavy atom. The van der Waals surface area contributed by atoms with Crippen LogP contribution in [0, 0.1) is 0 Å². The molecular weight excluding hydrogens is 310 g/mol. The van der Waals surface area contributed by atoms with Gasteiger partial charge in [-0.3, -0.25) is 15.0 Å². The van der Waals surface area contributed by atoms with E-state index in [0.717, 1.165) is 35.3 Å². The van der Waals surface area contributed by atoms with Gasteiger partial charge in [-0.05, 0) is 49.2 Å².